The lowest BCUT2D eigenvalue weighted by Gasteiger charge is -2.34. The standard InChI is InChI=1S/C11H14N4O3/c16-7-2-9-10(17)14-8(11(18)15(9)4-7)1-6-3-12-5-13-6/h3,5,7-9,16H,1-2,4H2,(H,12,13)(H,14,17)/t7-,8+,9-/m1/s1. The molecule has 0 radical (unpaired) electrons. The van der Waals surface area contributed by atoms with Crippen LogP contribution in [0.15, 0.2) is 12.5 Å². The minimum Gasteiger partial charge on any atom is -0.391 e. The Labute approximate surface area is 103 Å². The van der Waals surface area contributed by atoms with Gasteiger partial charge in [-0.3, -0.25) is 9.59 Å². The molecule has 7 nitrogen and oxygen atoms in total. The molecule has 3 rings (SSSR count). The van der Waals surface area contributed by atoms with Crippen LogP contribution in [0.4, 0.5) is 0 Å². The lowest BCUT2D eigenvalue weighted by atomic mass is 10.0. The van der Waals surface area contributed by atoms with E-state index in [1.54, 1.807) is 6.20 Å². The number of hydrogen-bond donors (Lipinski definition) is 3. The van der Waals surface area contributed by atoms with E-state index >= 15 is 0 Å². The first-order chi connectivity index (χ1) is 8.65. The number of H-pyrrole nitrogens is 1. The summed E-state index contributed by atoms with van der Waals surface area (Å²) in [6.07, 6.45) is 3.28. The summed E-state index contributed by atoms with van der Waals surface area (Å²) >= 11 is 0. The molecule has 0 aromatic carbocycles. The summed E-state index contributed by atoms with van der Waals surface area (Å²) in [5.41, 5.74) is 0.798. The highest BCUT2D eigenvalue weighted by Gasteiger charge is 2.45. The van der Waals surface area contributed by atoms with Crippen molar-refractivity contribution in [2.75, 3.05) is 6.54 Å². The van der Waals surface area contributed by atoms with Gasteiger partial charge in [-0.05, 0) is 0 Å². The molecule has 1 aromatic rings. The Kier molecular flexibility index (Phi) is 2.55. The van der Waals surface area contributed by atoms with Crippen molar-refractivity contribution in [2.45, 2.75) is 31.0 Å². The SMILES string of the molecule is O=C1N[C@@H](Cc2cnc[nH]2)C(=O)N2C[C@H](O)C[C@H]12. The molecular formula is C11H14N4O3. The van der Waals surface area contributed by atoms with Crippen molar-refractivity contribution in [3.8, 4) is 0 Å². The van der Waals surface area contributed by atoms with Crippen molar-refractivity contribution in [1.82, 2.24) is 20.2 Å². The second-order valence-corrected chi connectivity index (χ2v) is 4.74. The Hall–Kier alpha value is -1.89. The minimum atomic E-state index is -0.601. The molecule has 0 aliphatic carbocycles. The van der Waals surface area contributed by atoms with Crippen LogP contribution in [0.3, 0.4) is 0 Å². The van der Waals surface area contributed by atoms with Crippen molar-refractivity contribution in [1.29, 1.82) is 0 Å². The molecule has 2 amide bonds. The maximum atomic E-state index is 12.2. The summed E-state index contributed by atoms with van der Waals surface area (Å²) < 4.78 is 0. The molecule has 2 aliphatic rings. The number of rotatable bonds is 2. The normalized spacial score (nSPS) is 31.4. The molecule has 2 saturated heterocycles. The Balaban J connectivity index is 1.77. The highest BCUT2D eigenvalue weighted by Crippen LogP contribution is 2.23. The Bertz CT molecular complexity index is 473. The zero-order chi connectivity index (χ0) is 12.7. The Morgan fingerprint density at radius 2 is 2.33 bits per heavy atom. The number of piperazine rings is 1. The number of aliphatic hydroxyl groups is 1. The van der Waals surface area contributed by atoms with Crippen molar-refractivity contribution >= 4 is 11.8 Å². The fraction of sp³-hybridized carbons (Fsp3) is 0.545. The average molecular weight is 250 g/mol. The van der Waals surface area contributed by atoms with Gasteiger partial charge in [0.25, 0.3) is 0 Å². The van der Waals surface area contributed by atoms with Crippen molar-refractivity contribution in [3.63, 3.8) is 0 Å². The van der Waals surface area contributed by atoms with Gasteiger partial charge in [0.15, 0.2) is 0 Å². The zero-order valence-electron chi connectivity index (χ0n) is 9.67. The summed E-state index contributed by atoms with van der Waals surface area (Å²) in [6, 6.07) is -1.08. The van der Waals surface area contributed by atoms with E-state index in [1.165, 1.54) is 11.2 Å². The third-order valence-corrected chi connectivity index (χ3v) is 3.46. The van der Waals surface area contributed by atoms with Gasteiger partial charge < -0.3 is 20.3 Å². The average Bonchev–Trinajstić information content (AvgIpc) is 2.95. The maximum Gasteiger partial charge on any atom is 0.246 e. The largest absolute Gasteiger partial charge is 0.391 e. The van der Waals surface area contributed by atoms with Crippen molar-refractivity contribution < 1.29 is 14.7 Å². The molecule has 3 atom stereocenters. The van der Waals surface area contributed by atoms with Crippen LogP contribution in [0.5, 0.6) is 0 Å². The van der Waals surface area contributed by atoms with Gasteiger partial charge in [0.05, 0.1) is 12.4 Å². The second-order valence-electron chi connectivity index (χ2n) is 4.74. The van der Waals surface area contributed by atoms with Crippen LogP contribution in [0.1, 0.15) is 12.1 Å². The van der Waals surface area contributed by atoms with E-state index < -0.39 is 18.2 Å². The summed E-state index contributed by atoms with van der Waals surface area (Å²) in [5, 5.41) is 12.3. The van der Waals surface area contributed by atoms with E-state index in [-0.39, 0.29) is 18.4 Å². The highest BCUT2D eigenvalue weighted by atomic mass is 16.3. The van der Waals surface area contributed by atoms with E-state index in [4.69, 9.17) is 0 Å². The van der Waals surface area contributed by atoms with Gasteiger partial charge in [-0.15, -0.1) is 0 Å². The number of aromatic nitrogens is 2. The fourth-order valence-corrected chi connectivity index (χ4v) is 2.59. The first-order valence-corrected chi connectivity index (χ1v) is 5.91. The first-order valence-electron chi connectivity index (χ1n) is 5.91. The fourth-order valence-electron chi connectivity index (χ4n) is 2.59. The molecule has 18 heavy (non-hydrogen) atoms. The van der Waals surface area contributed by atoms with Gasteiger partial charge >= 0.3 is 0 Å². The summed E-state index contributed by atoms with van der Waals surface area (Å²) in [5.74, 6) is -0.318. The summed E-state index contributed by atoms with van der Waals surface area (Å²) in [4.78, 5) is 32.3. The van der Waals surface area contributed by atoms with Gasteiger partial charge in [-0.1, -0.05) is 0 Å². The van der Waals surface area contributed by atoms with Crippen molar-refractivity contribution in [3.05, 3.63) is 18.2 Å². The monoisotopic (exact) mass is 250 g/mol. The van der Waals surface area contributed by atoms with Gasteiger partial charge in [0.2, 0.25) is 11.8 Å². The van der Waals surface area contributed by atoms with Gasteiger partial charge in [0.1, 0.15) is 12.1 Å². The third-order valence-electron chi connectivity index (χ3n) is 3.46. The van der Waals surface area contributed by atoms with Gasteiger partial charge in [-0.2, -0.15) is 0 Å². The van der Waals surface area contributed by atoms with Crippen molar-refractivity contribution in [2.24, 2.45) is 0 Å². The summed E-state index contributed by atoms with van der Waals surface area (Å²) in [7, 11) is 0. The molecule has 2 aliphatic heterocycles. The lowest BCUT2D eigenvalue weighted by molar-refractivity contribution is -0.147. The molecule has 3 heterocycles. The van der Waals surface area contributed by atoms with Crippen LogP contribution >= 0.6 is 0 Å². The molecule has 96 valence electrons. The quantitative estimate of drug-likeness (QED) is 0.589. The van der Waals surface area contributed by atoms with Crippen LogP contribution in [-0.2, 0) is 16.0 Å². The highest BCUT2D eigenvalue weighted by molar-refractivity contribution is 5.97. The predicted octanol–water partition coefficient (Wildman–Crippen LogP) is -1.59. The van der Waals surface area contributed by atoms with E-state index in [1.807, 2.05) is 0 Å². The number of aromatic amines is 1. The molecule has 0 bridgehead atoms. The van der Waals surface area contributed by atoms with Crippen LogP contribution in [0.2, 0.25) is 0 Å². The molecule has 1 aromatic heterocycles. The maximum absolute atomic E-state index is 12.2. The lowest BCUT2D eigenvalue weighted by Crippen LogP contribution is -2.61. The van der Waals surface area contributed by atoms with Crippen LogP contribution < -0.4 is 5.32 Å². The smallest absolute Gasteiger partial charge is 0.246 e. The number of nitrogens with zero attached hydrogens (tertiary/aromatic N) is 2. The molecule has 3 N–H and O–H groups in total. The topological polar surface area (TPSA) is 98.3 Å². The van der Waals surface area contributed by atoms with E-state index in [9.17, 15) is 14.7 Å². The van der Waals surface area contributed by atoms with E-state index in [2.05, 4.69) is 15.3 Å². The number of amides is 2. The van der Waals surface area contributed by atoms with Gasteiger partial charge in [-0.25, -0.2) is 4.98 Å². The number of hydrogen-bond acceptors (Lipinski definition) is 4. The number of fused-ring (bicyclic) bond motifs is 1. The Morgan fingerprint density at radius 1 is 1.50 bits per heavy atom. The number of aliphatic hydroxyl groups excluding tert-OH is 1. The van der Waals surface area contributed by atoms with Crippen LogP contribution in [0.25, 0.3) is 0 Å². The number of carbonyl (C=O) groups is 2. The van der Waals surface area contributed by atoms with E-state index in [0.717, 1.165) is 5.69 Å². The molecule has 0 spiro atoms. The van der Waals surface area contributed by atoms with Crippen LogP contribution in [-0.4, -0.2) is 56.5 Å². The van der Waals surface area contributed by atoms with Gasteiger partial charge in [0, 0.05) is 31.3 Å². The number of carbonyl (C=O) groups excluding carboxylic acids is 2. The number of nitrogens with one attached hydrogen (secondary N) is 2. The predicted molar refractivity (Wildman–Crippen MR) is 60.3 cm³/mol. The third kappa shape index (κ3) is 1.76. The number of imidazole rings is 1. The molecule has 7 heteroatoms. The molecule has 2 fully saturated rings. The molecule has 0 unspecified atom stereocenters. The molecule has 0 saturated carbocycles. The second kappa shape index (κ2) is 4.09. The minimum absolute atomic E-state index is 0.134. The van der Waals surface area contributed by atoms with E-state index in [0.29, 0.717) is 12.8 Å². The molecular weight excluding hydrogens is 236 g/mol. The van der Waals surface area contributed by atoms with Crippen LogP contribution in [0, 0.1) is 0 Å². The first kappa shape index (κ1) is 11.2. The Morgan fingerprint density at radius 3 is 3.06 bits per heavy atom. The summed E-state index contributed by atoms with van der Waals surface area (Å²) in [6.45, 7) is 0.246. The zero-order valence-corrected chi connectivity index (χ0v) is 9.67.